The van der Waals surface area contributed by atoms with Gasteiger partial charge in [-0.15, -0.1) is 0 Å². The lowest BCUT2D eigenvalue weighted by Gasteiger charge is -2.10. The number of nitrogens with zero attached hydrogens (tertiary/aromatic N) is 1. The molecule has 0 aliphatic rings. The summed E-state index contributed by atoms with van der Waals surface area (Å²) in [5.41, 5.74) is 2.45. The number of nitrogens with one attached hydrogen (secondary N) is 1. The number of benzene rings is 1. The van der Waals surface area contributed by atoms with Crippen molar-refractivity contribution in [3.63, 3.8) is 0 Å². The van der Waals surface area contributed by atoms with Crippen molar-refractivity contribution in [3.8, 4) is 0 Å². The summed E-state index contributed by atoms with van der Waals surface area (Å²) in [6, 6.07) is 8.87. The zero-order valence-electron chi connectivity index (χ0n) is 12.3. The van der Waals surface area contributed by atoms with Gasteiger partial charge in [0, 0.05) is 36.2 Å². The fourth-order valence-electron chi connectivity index (χ4n) is 2.26. The van der Waals surface area contributed by atoms with Crippen molar-refractivity contribution in [1.29, 1.82) is 0 Å². The number of carbonyl (C=O) groups excluding carboxylic acids is 1. The van der Waals surface area contributed by atoms with Gasteiger partial charge in [-0.3, -0.25) is 4.79 Å². The number of esters is 1. The molecule has 0 fully saturated rings. The fraction of sp³-hybridized carbons (Fsp3) is 0.438. The summed E-state index contributed by atoms with van der Waals surface area (Å²) in [5, 5.41) is 4.68. The highest BCUT2D eigenvalue weighted by Crippen LogP contribution is 2.20. The van der Waals surface area contributed by atoms with E-state index in [0.29, 0.717) is 19.0 Å². The summed E-state index contributed by atoms with van der Waals surface area (Å²) in [7, 11) is 1.42. The van der Waals surface area contributed by atoms with E-state index < -0.39 is 0 Å². The number of aryl methyl sites for hydroxylation is 1. The highest BCUT2D eigenvalue weighted by Gasteiger charge is 2.07. The van der Waals surface area contributed by atoms with E-state index in [-0.39, 0.29) is 5.97 Å². The lowest BCUT2D eigenvalue weighted by atomic mass is 10.1. The molecule has 1 aromatic carbocycles. The zero-order valence-corrected chi connectivity index (χ0v) is 12.3. The summed E-state index contributed by atoms with van der Waals surface area (Å²) >= 11 is 0. The Morgan fingerprint density at radius 1 is 1.35 bits per heavy atom. The number of aromatic nitrogens is 1. The summed E-state index contributed by atoms with van der Waals surface area (Å²) in [4.78, 5) is 11.2. The van der Waals surface area contributed by atoms with Crippen LogP contribution in [0.2, 0.25) is 0 Å². The molecule has 0 saturated heterocycles. The predicted molar refractivity (Wildman–Crippen MR) is 80.5 cm³/mol. The van der Waals surface area contributed by atoms with Gasteiger partial charge in [0.25, 0.3) is 0 Å². The number of ether oxygens (including phenoxy) is 1. The number of hydrogen-bond acceptors (Lipinski definition) is 3. The summed E-state index contributed by atoms with van der Waals surface area (Å²) in [6.07, 6.45) is 2.43. The van der Waals surface area contributed by atoms with E-state index in [2.05, 4.69) is 52.7 Å². The Bertz CT molecular complexity index is 587. The second-order valence-electron chi connectivity index (χ2n) is 5.22. The first kappa shape index (κ1) is 14.6. The van der Waals surface area contributed by atoms with E-state index in [1.807, 2.05) is 6.20 Å². The Balaban J connectivity index is 2.18. The average molecular weight is 274 g/mol. The molecule has 0 unspecified atom stereocenters. The Hall–Kier alpha value is -1.81. The maximum atomic E-state index is 11.2. The van der Waals surface area contributed by atoms with Crippen molar-refractivity contribution in [2.75, 3.05) is 7.11 Å². The van der Waals surface area contributed by atoms with Crippen LogP contribution in [-0.4, -0.2) is 23.7 Å². The molecular weight excluding hydrogens is 252 g/mol. The molecule has 4 heteroatoms. The molecule has 20 heavy (non-hydrogen) atoms. The van der Waals surface area contributed by atoms with E-state index in [9.17, 15) is 4.79 Å². The first-order chi connectivity index (χ1) is 9.61. The van der Waals surface area contributed by atoms with Gasteiger partial charge in [0.15, 0.2) is 0 Å². The number of fused-ring (bicyclic) bond motifs is 1. The topological polar surface area (TPSA) is 43.3 Å². The molecule has 4 nitrogen and oxygen atoms in total. The number of carbonyl (C=O) groups is 1. The molecule has 0 radical (unpaired) electrons. The summed E-state index contributed by atoms with van der Waals surface area (Å²) in [5.74, 6) is -0.176. The maximum Gasteiger partial charge on any atom is 0.307 e. The van der Waals surface area contributed by atoms with E-state index in [4.69, 9.17) is 0 Å². The lowest BCUT2D eigenvalue weighted by molar-refractivity contribution is -0.140. The highest BCUT2D eigenvalue weighted by atomic mass is 16.5. The minimum atomic E-state index is -0.176. The van der Waals surface area contributed by atoms with Gasteiger partial charge in [-0.1, -0.05) is 26.0 Å². The second-order valence-corrected chi connectivity index (χ2v) is 5.22. The molecule has 2 rings (SSSR count). The second kappa shape index (κ2) is 6.57. The van der Waals surface area contributed by atoms with Crippen LogP contribution in [0.3, 0.4) is 0 Å². The molecule has 1 heterocycles. The monoisotopic (exact) mass is 274 g/mol. The third-order valence-electron chi connectivity index (χ3n) is 3.39. The van der Waals surface area contributed by atoms with Gasteiger partial charge < -0.3 is 14.6 Å². The number of methoxy groups -OCH3 is 1. The van der Waals surface area contributed by atoms with Crippen LogP contribution in [0.25, 0.3) is 10.9 Å². The van der Waals surface area contributed by atoms with Crippen molar-refractivity contribution in [3.05, 3.63) is 36.0 Å². The minimum absolute atomic E-state index is 0.176. The molecule has 0 amide bonds. The quantitative estimate of drug-likeness (QED) is 0.824. The van der Waals surface area contributed by atoms with E-state index in [0.717, 1.165) is 12.1 Å². The third kappa shape index (κ3) is 3.39. The first-order valence-electron chi connectivity index (χ1n) is 6.98. The Morgan fingerprint density at radius 3 is 2.85 bits per heavy atom. The normalized spacial score (nSPS) is 11.2. The van der Waals surface area contributed by atoms with Crippen LogP contribution in [-0.2, 0) is 22.6 Å². The van der Waals surface area contributed by atoms with Crippen LogP contribution in [0.5, 0.6) is 0 Å². The van der Waals surface area contributed by atoms with Crippen LogP contribution in [0, 0.1) is 0 Å². The minimum Gasteiger partial charge on any atom is -0.469 e. The van der Waals surface area contributed by atoms with Gasteiger partial charge in [0.2, 0.25) is 0 Å². The van der Waals surface area contributed by atoms with Crippen molar-refractivity contribution in [1.82, 2.24) is 9.88 Å². The Labute approximate surface area is 119 Å². The van der Waals surface area contributed by atoms with Gasteiger partial charge in [0.05, 0.1) is 13.5 Å². The van der Waals surface area contributed by atoms with Gasteiger partial charge in [0.1, 0.15) is 0 Å². The van der Waals surface area contributed by atoms with Crippen LogP contribution in [0.15, 0.2) is 30.5 Å². The van der Waals surface area contributed by atoms with Gasteiger partial charge in [-0.25, -0.2) is 0 Å². The molecular formula is C16H22N2O2. The average Bonchev–Trinajstić information content (AvgIpc) is 2.86. The maximum absolute atomic E-state index is 11.2. The van der Waals surface area contributed by atoms with Crippen LogP contribution in [0.1, 0.15) is 25.8 Å². The summed E-state index contributed by atoms with van der Waals surface area (Å²) < 4.78 is 6.79. The lowest BCUT2D eigenvalue weighted by Crippen LogP contribution is -2.21. The molecule has 0 saturated carbocycles. The van der Waals surface area contributed by atoms with E-state index in [1.54, 1.807) is 0 Å². The zero-order chi connectivity index (χ0) is 14.5. The SMILES string of the molecule is COC(=O)CCn1ccc2c(CNC(C)C)cccc21. The molecule has 0 spiro atoms. The van der Waals surface area contributed by atoms with Gasteiger partial charge in [-0.2, -0.15) is 0 Å². The molecule has 2 aromatic rings. The summed E-state index contributed by atoms with van der Waals surface area (Å²) in [6.45, 7) is 5.79. The molecule has 0 bridgehead atoms. The Kier molecular flexibility index (Phi) is 4.79. The predicted octanol–water partition coefficient (Wildman–Crippen LogP) is 2.70. The van der Waals surface area contributed by atoms with Crippen molar-refractivity contribution < 1.29 is 9.53 Å². The number of rotatable bonds is 6. The van der Waals surface area contributed by atoms with Crippen molar-refractivity contribution >= 4 is 16.9 Å². The molecule has 0 atom stereocenters. The molecule has 1 N–H and O–H groups in total. The van der Waals surface area contributed by atoms with Crippen LogP contribution < -0.4 is 5.32 Å². The Morgan fingerprint density at radius 2 is 2.15 bits per heavy atom. The molecule has 1 aromatic heterocycles. The standard InChI is InChI=1S/C16H22N2O2/c1-12(2)17-11-13-5-4-6-15-14(13)7-9-18(15)10-8-16(19)20-3/h4-7,9,12,17H,8,10-11H2,1-3H3. The fourth-order valence-corrected chi connectivity index (χ4v) is 2.26. The highest BCUT2D eigenvalue weighted by molar-refractivity contribution is 5.83. The van der Waals surface area contributed by atoms with E-state index >= 15 is 0 Å². The van der Waals surface area contributed by atoms with Crippen LogP contribution >= 0.6 is 0 Å². The third-order valence-corrected chi connectivity index (χ3v) is 3.39. The number of hydrogen-bond donors (Lipinski definition) is 1. The van der Waals surface area contributed by atoms with Gasteiger partial charge in [-0.05, 0) is 17.7 Å². The molecule has 0 aliphatic heterocycles. The van der Waals surface area contributed by atoms with E-state index in [1.165, 1.54) is 18.1 Å². The van der Waals surface area contributed by atoms with Crippen molar-refractivity contribution in [2.24, 2.45) is 0 Å². The first-order valence-corrected chi connectivity index (χ1v) is 6.98. The smallest absolute Gasteiger partial charge is 0.307 e. The van der Waals surface area contributed by atoms with Crippen molar-refractivity contribution in [2.45, 2.75) is 39.4 Å². The largest absolute Gasteiger partial charge is 0.469 e. The van der Waals surface area contributed by atoms with Crippen LogP contribution in [0.4, 0.5) is 0 Å². The molecule has 0 aliphatic carbocycles. The molecule has 108 valence electrons. The van der Waals surface area contributed by atoms with Gasteiger partial charge >= 0.3 is 5.97 Å².